The van der Waals surface area contributed by atoms with E-state index in [4.69, 9.17) is 5.73 Å². The minimum atomic E-state index is 0.275. The lowest BCUT2D eigenvalue weighted by Crippen LogP contribution is -2.36. The minimum Gasteiger partial charge on any atom is -0.618 e. The van der Waals surface area contributed by atoms with Crippen LogP contribution in [0.3, 0.4) is 0 Å². The highest BCUT2D eigenvalue weighted by molar-refractivity contribution is 5.72. The molecule has 13 heavy (non-hydrogen) atoms. The Labute approximate surface area is 73.8 Å². The predicted molar refractivity (Wildman–Crippen MR) is 46.3 cm³/mol. The third-order valence-electron chi connectivity index (χ3n) is 1.81. The molecule has 5 nitrogen and oxygen atoms in total. The monoisotopic (exact) mass is 177 g/mol. The maximum atomic E-state index is 11.2. The summed E-state index contributed by atoms with van der Waals surface area (Å²) in [6.07, 6.45) is 2.31. The third kappa shape index (κ3) is 1.10. The number of nitrogens with zero attached hydrogens (tertiary/aromatic N) is 2. The fraction of sp³-hybridized carbons (Fsp3) is 0. The first-order valence-corrected chi connectivity index (χ1v) is 3.69. The van der Waals surface area contributed by atoms with Crippen molar-refractivity contribution in [3.8, 4) is 0 Å². The van der Waals surface area contributed by atoms with Crippen molar-refractivity contribution in [2.24, 2.45) is 0 Å². The molecule has 66 valence electrons. The van der Waals surface area contributed by atoms with Gasteiger partial charge in [-0.15, -0.1) is 0 Å². The highest BCUT2D eigenvalue weighted by Gasteiger charge is 2.11. The fourth-order valence-corrected chi connectivity index (χ4v) is 1.19. The molecule has 1 aromatic carbocycles. The smallest absolute Gasteiger partial charge is 0.292 e. The van der Waals surface area contributed by atoms with Crippen LogP contribution in [0.15, 0.2) is 30.6 Å². The third-order valence-corrected chi connectivity index (χ3v) is 1.81. The molecule has 0 aliphatic carbocycles. The number of hydrogen-bond acceptors (Lipinski definition) is 3. The van der Waals surface area contributed by atoms with E-state index < -0.39 is 0 Å². The van der Waals surface area contributed by atoms with E-state index in [-0.39, 0.29) is 5.52 Å². The van der Waals surface area contributed by atoms with Gasteiger partial charge in [0.15, 0.2) is 0 Å². The first-order valence-electron chi connectivity index (χ1n) is 3.69. The molecule has 0 saturated carbocycles. The van der Waals surface area contributed by atoms with Crippen LogP contribution in [-0.2, 0) is 0 Å². The zero-order valence-corrected chi connectivity index (χ0v) is 6.68. The summed E-state index contributed by atoms with van der Waals surface area (Å²) < 4.78 is 1.24. The molecule has 0 radical (unpaired) electrons. The van der Waals surface area contributed by atoms with Crippen molar-refractivity contribution in [2.45, 2.75) is 0 Å². The molecule has 1 aromatic heterocycles. The van der Waals surface area contributed by atoms with Gasteiger partial charge in [0.2, 0.25) is 12.4 Å². The molecule has 5 heteroatoms. The Morgan fingerprint density at radius 2 is 1.62 bits per heavy atom. The van der Waals surface area contributed by atoms with E-state index in [9.17, 15) is 10.4 Å². The highest BCUT2D eigenvalue weighted by atomic mass is 16.5. The van der Waals surface area contributed by atoms with Crippen LogP contribution < -0.4 is 15.2 Å². The van der Waals surface area contributed by atoms with E-state index in [1.54, 1.807) is 6.07 Å². The second-order valence-electron chi connectivity index (χ2n) is 2.70. The molecule has 2 rings (SSSR count). The highest BCUT2D eigenvalue weighted by Crippen LogP contribution is 2.09. The molecule has 2 aromatic rings. The summed E-state index contributed by atoms with van der Waals surface area (Å²) in [5.74, 6) is 0. The second-order valence-corrected chi connectivity index (χ2v) is 2.70. The van der Waals surface area contributed by atoms with E-state index >= 15 is 0 Å². The van der Waals surface area contributed by atoms with Crippen LogP contribution in [0.25, 0.3) is 11.0 Å². The number of hydrogen-bond donors (Lipinski definition) is 1. The van der Waals surface area contributed by atoms with E-state index in [1.807, 2.05) is 0 Å². The molecule has 0 spiro atoms. The fourth-order valence-electron chi connectivity index (χ4n) is 1.19. The number of anilines is 1. The lowest BCUT2D eigenvalue weighted by atomic mass is 10.2. The second kappa shape index (κ2) is 2.48. The number of benzene rings is 1. The Kier molecular flexibility index (Phi) is 1.45. The largest absolute Gasteiger partial charge is 0.618 e. The van der Waals surface area contributed by atoms with Crippen LogP contribution in [-0.4, -0.2) is 0 Å². The van der Waals surface area contributed by atoms with Gasteiger partial charge in [0.25, 0.3) is 11.0 Å². The van der Waals surface area contributed by atoms with Crippen molar-refractivity contribution in [3.05, 3.63) is 41.0 Å². The first-order chi connectivity index (χ1) is 6.18. The van der Waals surface area contributed by atoms with E-state index in [1.165, 1.54) is 12.1 Å². The molecule has 0 aliphatic heterocycles. The van der Waals surface area contributed by atoms with Gasteiger partial charge in [-0.3, -0.25) is 0 Å². The number of nitrogens with two attached hydrogens (primary N) is 1. The topological polar surface area (TPSA) is 79.9 Å². The molecule has 2 N–H and O–H groups in total. The zero-order valence-electron chi connectivity index (χ0n) is 6.68. The normalized spacial score (nSPS) is 10.5. The Morgan fingerprint density at radius 3 is 2.31 bits per heavy atom. The van der Waals surface area contributed by atoms with Gasteiger partial charge < -0.3 is 16.1 Å². The van der Waals surface area contributed by atoms with Crippen LogP contribution in [0.5, 0.6) is 0 Å². The van der Waals surface area contributed by atoms with E-state index in [0.29, 0.717) is 20.7 Å². The molecule has 0 fully saturated rings. The van der Waals surface area contributed by atoms with Crippen molar-refractivity contribution in [3.63, 3.8) is 0 Å². The Hall–Kier alpha value is -2.04. The predicted octanol–water partition coefficient (Wildman–Crippen LogP) is -0.311. The number of nitrogen functional groups attached to an aromatic ring is 1. The van der Waals surface area contributed by atoms with Gasteiger partial charge in [-0.2, -0.15) is 9.46 Å². The molecule has 1 heterocycles. The number of aromatic nitrogens is 2. The van der Waals surface area contributed by atoms with Gasteiger partial charge in [0.05, 0.1) is 0 Å². The van der Waals surface area contributed by atoms with Crippen LogP contribution in [0.1, 0.15) is 0 Å². The summed E-state index contributed by atoms with van der Waals surface area (Å²) >= 11 is 0. The van der Waals surface area contributed by atoms with Gasteiger partial charge in [-0.25, -0.2) is 0 Å². The molecule has 0 bridgehead atoms. The van der Waals surface area contributed by atoms with Gasteiger partial charge in [-0.1, -0.05) is 0 Å². The van der Waals surface area contributed by atoms with Crippen molar-refractivity contribution in [1.82, 2.24) is 0 Å². The van der Waals surface area contributed by atoms with Crippen molar-refractivity contribution >= 4 is 16.7 Å². The summed E-state index contributed by atoms with van der Waals surface area (Å²) in [5.41, 5.74) is 6.53. The lowest BCUT2D eigenvalue weighted by molar-refractivity contribution is -0.628. The Balaban J connectivity index is 2.92. The van der Waals surface area contributed by atoms with Crippen molar-refractivity contribution < 1.29 is 9.46 Å². The average molecular weight is 177 g/mol. The molecule has 0 amide bonds. The molecular weight excluding hydrogens is 170 g/mol. The van der Waals surface area contributed by atoms with E-state index in [0.717, 1.165) is 12.4 Å². The summed E-state index contributed by atoms with van der Waals surface area (Å²) in [5, 5.41) is 22.4. The first kappa shape index (κ1) is 7.60. The standard InChI is InChI=1S/C8H7N3O2/c9-6-1-2-7-8(5-6)11(13)4-3-10(7)12/h1-5H,9H2. The number of fused-ring (bicyclic) bond motifs is 1. The maximum Gasteiger partial charge on any atom is 0.292 e. The van der Waals surface area contributed by atoms with Crippen molar-refractivity contribution in [1.29, 1.82) is 0 Å². The summed E-state index contributed by atoms with van der Waals surface area (Å²) in [4.78, 5) is 0. The molecule has 0 saturated heterocycles. The van der Waals surface area contributed by atoms with Gasteiger partial charge in [-0.05, 0) is 6.07 Å². The van der Waals surface area contributed by atoms with Crippen LogP contribution in [0, 0.1) is 10.4 Å². The molecule has 0 unspecified atom stereocenters. The summed E-state index contributed by atoms with van der Waals surface area (Å²) in [6.45, 7) is 0. The SMILES string of the molecule is Nc1ccc2c(c1)[n+]([O-])cc[n+]2[O-]. The average Bonchev–Trinajstić information content (AvgIpc) is 2.12. The number of rotatable bonds is 0. The van der Waals surface area contributed by atoms with Crippen LogP contribution in [0.2, 0.25) is 0 Å². The molecule has 0 aliphatic rings. The van der Waals surface area contributed by atoms with E-state index in [2.05, 4.69) is 0 Å². The molecule has 0 atom stereocenters. The Morgan fingerprint density at radius 1 is 1.00 bits per heavy atom. The zero-order chi connectivity index (χ0) is 9.42. The quantitative estimate of drug-likeness (QED) is 0.340. The van der Waals surface area contributed by atoms with Crippen molar-refractivity contribution in [2.75, 3.05) is 5.73 Å². The van der Waals surface area contributed by atoms with Gasteiger partial charge >= 0.3 is 0 Å². The van der Waals surface area contributed by atoms with Crippen LogP contribution >= 0.6 is 0 Å². The Bertz CT molecular complexity index is 470. The summed E-state index contributed by atoms with van der Waals surface area (Å²) in [7, 11) is 0. The van der Waals surface area contributed by atoms with Gasteiger partial charge in [0, 0.05) is 17.8 Å². The van der Waals surface area contributed by atoms with Gasteiger partial charge in [0.1, 0.15) is 0 Å². The molecular formula is C8H7N3O2. The van der Waals surface area contributed by atoms with Crippen LogP contribution in [0.4, 0.5) is 5.69 Å². The minimum absolute atomic E-state index is 0.275. The lowest BCUT2D eigenvalue weighted by Gasteiger charge is -2.02. The summed E-state index contributed by atoms with van der Waals surface area (Å²) in [6, 6.07) is 4.57. The maximum absolute atomic E-state index is 11.2.